The van der Waals surface area contributed by atoms with E-state index in [0.717, 1.165) is 20.4 Å². The Morgan fingerprint density at radius 2 is 1.78 bits per heavy atom. The van der Waals surface area contributed by atoms with Gasteiger partial charge in [-0.1, -0.05) is 11.8 Å². The van der Waals surface area contributed by atoms with Crippen LogP contribution in [0.4, 0.5) is 5.69 Å². The zero-order valence-electron chi connectivity index (χ0n) is 18.2. The third kappa shape index (κ3) is 6.00. The molecule has 168 valence electrons. The number of anilines is 1. The van der Waals surface area contributed by atoms with Gasteiger partial charge >= 0.3 is 0 Å². The van der Waals surface area contributed by atoms with Crippen molar-refractivity contribution < 1.29 is 14.3 Å². The van der Waals surface area contributed by atoms with E-state index >= 15 is 0 Å². The maximum atomic E-state index is 12.5. The monoisotopic (exact) mass is 565 g/mol. The Balaban J connectivity index is 1.54. The Morgan fingerprint density at radius 1 is 1.12 bits per heavy atom. The molecule has 0 aliphatic rings. The molecule has 0 aliphatic heterocycles. The van der Waals surface area contributed by atoms with Crippen molar-refractivity contribution in [3.63, 3.8) is 0 Å². The SMILES string of the molecule is COc1ccc(C(=O)NCc2nnc(SCC(=O)Nc3c(C)cc(I)cc3C)n2C)cc1. The van der Waals surface area contributed by atoms with E-state index in [1.165, 1.54) is 11.8 Å². The second-order valence-corrected chi connectivity index (χ2v) is 9.31. The molecule has 0 fully saturated rings. The van der Waals surface area contributed by atoms with Crippen LogP contribution >= 0.6 is 34.4 Å². The minimum absolute atomic E-state index is 0.111. The number of ether oxygens (including phenoxy) is 1. The summed E-state index contributed by atoms with van der Waals surface area (Å²) in [5, 5.41) is 14.7. The number of halogens is 1. The third-order valence-corrected chi connectivity index (χ3v) is 6.42. The highest BCUT2D eigenvalue weighted by molar-refractivity contribution is 14.1. The van der Waals surface area contributed by atoms with Crippen LogP contribution in [0.15, 0.2) is 41.6 Å². The number of nitrogens with one attached hydrogen (secondary N) is 2. The van der Waals surface area contributed by atoms with E-state index in [1.54, 1.807) is 35.9 Å². The molecule has 0 bridgehead atoms. The van der Waals surface area contributed by atoms with E-state index in [1.807, 2.05) is 33.0 Å². The van der Waals surface area contributed by atoms with Crippen LogP contribution in [0.5, 0.6) is 5.75 Å². The standard InChI is InChI=1S/C22H24IN5O3S/c1-13-9-16(23)10-14(2)20(13)25-19(29)12-32-22-27-26-18(28(22)3)11-24-21(30)15-5-7-17(31-4)8-6-15/h5-10H,11-12H2,1-4H3,(H,24,30)(H,25,29). The fourth-order valence-corrected chi connectivity index (χ4v) is 4.71. The Morgan fingerprint density at radius 3 is 2.41 bits per heavy atom. The first kappa shape index (κ1) is 24.1. The van der Waals surface area contributed by atoms with Gasteiger partial charge in [0.05, 0.1) is 19.4 Å². The summed E-state index contributed by atoms with van der Waals surface area (Å²) in [6.45, 7) is 4.18. The molecule has 10 heteroatoms. The summed E-state index contributed by atoms with van der Waals surface area (Å²) in [6.07, 6.45) is 0. The third-order valence-electron chi connectivity index (χ3n) is 4.78. The molecule has 0 saturated carbocycles. The molecule has 2 N–H and O–H groups in total. The summed E-state index contributed by atoms with van der Waals surface area (Å²) in [5.74, 6) is 1.16. The largest absolute Gasteiger partial charge is 0.497 e. The number of aromatic nitrogens is 3. The Labute approximate surface area is 204 Å². The highest BCUT2D eigenvalue weighted by Crippen LogP contribution is 2.24. The minimum Gasteiger partial charge on any atom is -0.497 e. The van der Waals surface area contributed by atoms with Crippen LogP contribution in [-0.4, -0.2) is 39.4 Å². The molecule has 0 unspecified atom stereocenters. The molecule has 2 aromatic carbocycles. The van der Waals surface area contributed by atoms with Crippen molar-refractivity contribution in [2.24, 2.45) is 7.05 Å². The molecule has 8 nitrogen and oxygen atoms in total. The van der Waals surface area contributed by atoms with Crippen molar-refractivity contribution in [1.82, 2.24) is 20.1 Å². The number of thioether (sulfide) groups is 1. The van der Waals surface area contributed by atoms with Gasteiger partial charge in [0.1, 0.15) is 5.75 Å². The molecule has 0 aliphatic carbocycles. The molecule has 0 spiro atoms. The predicted molar refractivity (Wildman–Crippen MR) is 133 cm³/mol. The van der Waals surface area contributed by atoms with Crippen LogP contribution in [0, 0.1) is 17.4 Å². The Bertz CT molecular complexity index is 1110. The molecule has 32 heavy (non-hydrogen) atoms. The lowest BCUT2D eigenvalue weighted by Crippen LogP contribution is -2.24. The van der Waals surface area contributed by atoms with Gasteiger partial charge in [-0.05, 0) is 84.0 Å². The number of benzene rings is 2. The van der Waals surface area contributed by atoms with Crippen LogP contribution in [0.25, 0.3) is 0 Å². The van der Waals surface area contributed by atoms with E-state index in [0.29, 0.717) is 22.3 Å². The normalized spacial score (nSPS) is 10.7. The number of nitrogens with zero attached hydrogens (tertiary/aromatic N) is 3. The lowest BCUT2D eigenvalue weighted by Gasteiger charge is -2.12. The van der Waals surface area contributed by atoms with Crippen molar-refractivity contribution in [2.75, 3.05) is 18.2 Å². The number of amides is 2. The van der Waals surface area contributed by atoms with Crippen LogP contribution < -0.4 is 15.4 Å². The summed E-state index contributed by atoms with van der Waals surface area (Å²) in [4.78, 5) is 24.8. The predicted octanol–water partition coefficient (Wildman–Crippen LogP) is 3.71. The summed E-state index contributed by atoms with van der Waals surface area (Å²) in [5.41, 5.74) is 3.43. The van der Waals surface area contributed by atoms with Gasteiger partial charge in [0.15, 0.2) is 11.0 Å². The zero-order valence-corrected chi connectivity index (χ0v) is 21.2. The maximum Gasteiger partial charge on any atom is 0.251 e. The molecule has 1 aromatic heterocycles. The van der Waals surface area contributed by atoms with Crippen LogP contribution in [0.3, 0.4) is 0 Å². The number of carbonyl (C=O) groups excluding carboxylic acids is 2. The van der Waals surface area contributed by atoms with E-state index in [2.05, 4.69) is 43.4 Å². The lowest BCUT2D eigenvalue weighted by atomic mass is 10.1. The van der Waals surface area contributed by atoms with Crippen molar-refractivity contribution in [2.45, 2.75) is 25.5 Å². The number of methoxy groups -OCH3 is 1. The summed E-state index contributed by atoms with van der Waals surface area (Å²) >= 11 is 3.56. The van der Waals surface area contributed by atoms with Crippen LogP contribution in [-0.2, 0) is 18.4 Å². The molecule has 1 heterocycles. The molecule has 0 radical (unpaired) electrons. The second-order valence-electron chi connectivity index (χ2n) is 7.12. The van der Waals surface area contributed by atoms with Crippen molar-refractivity contribution in [3.8, 4) is 5.75 Å². The number of aryl methyl sites for hydroxylation is 2. The lowest BCUT2D eigenvalue weighted by molar-refractivity contribution is -0.113. The zero-order chi connectivity index (χ0) is 23.3. The number of rotatable bonds is 8. The molecular formula is C22H24IN5O3S. The number of carbonyl (C=O) groups is 2. The van der Waals surface area contributed by atoms with Gasteiger partial charge in [-0.2, -0.15) is 0 Å². The van der Waals surface area contributed by atoms with Crippen LogP contribution in [0.1, 0.15) is 27.3 Å². The Hall–Kier alpha value is -2.60. The number of hydrogen-bond donors (Lipinski definition) is 2. The highest BCUT2D eigenvalue weighted by atomic mass is 127. The molecule has 2 amide bonds. The van der Waals surface area contributed by atoms with Gasteiger partial charge in [0.25, 0.3) is 5.91 Å². The average molecular weight is 565 g/mol. The van der Waals surface area contributed by atoms with Gasteiger partial charge in [-0.15, -0.1) is 10.2 Å². The highest BCUT2D eigenvalue weighted by Gasteiger charge is 2.14. The molecular weight excluding hydrogens is 541 g/mol. The number of hydrogen-bond acceptors (Lipinski definition) is 6. The summed E-state index contributed by atoms with van der Waals surface area (Å²) < 4.78 is 8.01. The Kier molecular flexibility index (Phi) is 8.13. The first-order valence-electron chi connectivity index (χ1n) is 9.78. The fourth-order valence-electron chi connectivity index (χ4n) is 3.04. The van der Waals surface area contributed by atoms with E-state index < -0.39 is 0 Å². The van der Waals surface area contributed by atoms with Crippen LogP contribution in [0.2, 0.25) is 0 Å². The second kappa shape index (κ2) is 10.8. The van der Waals surface area contributed by atoms with Gasteiger partial charge in [-0.25, -0.2) is 0 Å². The van der Waals surface area contributed by atoms with E-state index in [4.69, 9.17) is 4.74 Å². The van der Waals surface area contributed by atoms with Crippen molar-refractivity contribution in [3.05, 3.63) is 62.5 Å². The first-order chi connectivity index (χ1) is 15.3. The van der Waals surface area contributed by atoms with Gasteiger partial charge in [-0.3, -0.25) is 9.59 Å². The molecule has 3 aromatic rings. The van der Waals surface area contributed by atoms with Crippen molar-refractivity contribution >= 4 is 51.9 Å². The van der Waals surface area contributed by atoms with E-state index in [9.17, 15) is 9.59 Å². The first-order valence-corrected chi connectivity index (χ1v) is 11.8. The maximum absolute atomic E-state index is 12.5. The molecule has 3 rings (SSSR count). The van der Waals surface area contributed by atoms with Gasteiger partial charge < -0.3 is 19.9 Å². The summed E-state index contributed by atoms with van der Waals surface area (Å²) in [6, 6.07) is 10.9. The van der Waals surface area contributed by atoms with Gasteiger partial charge in [0, 0.05) is 21.9 Å². The van der Waals surface area contributed by atoms with E-state index in [-0.39, 0.29) is 24.1 Å². The molecule has 0 atom stereocenters. The fraction of sp³-hybridized carbons (Fsp3) is 0.273. The molecule has 0 saturated heterocycles. The summed E-state index contributed by atoms with van der Waals surface area (Å²) in [7, 11) is 3.38. The average Bonchev–Trinajstić information content (AvgIpc) is 3.12. The topological polar surface area (TPSA) is 98.1 Å². The smallest absolute Gasteiger partial charge is 0.251 e. The van der Waals surface area contributed by atoms with Gasteiger partial charge in [0.2, 0.25) is 5.91 Å². The minimum atomic E-state index is -0.215. The van der Waals surface area contributed by atoms with Crippen molar-refractivity contribution in [1.29, 1.82) is 0 Å². The quantitative estimate of drug-likeness (QED) is 0.320.